The quantitative estimate of drug-likeness (QED) is 0.766. The highest BCUT2D eigenvalue weighted by Gasteiger charge is 2.37. The molecule has 0 N–H and O–H groups in total. The van der Waals surface area contributed by atoms with Gasteiger partial charge in [0.25, 0.3) is 5.91 Å². The number of carbonyl (C=O) groups excluding carboxylic acids is 1. The normalized spacial score (nSPS) is 24.7. The van der Waals surface area contributed by atoms with Gasteiger partial charge < -0.3 is 9.32 Å². The van der Waals surface area contributed by atoms with Gasteiger partial charge in [-0.1, -0.05) is 12.8 Å². The summed E-state index contributed by atoms with van der Waals surface area (Å²) in [6, 6.07) is 4.78. The Balaban J connectivity index is 1.69. The monoisotopic (exact) mass is 315 g/mol. The number of furan rings is 1. The molecular formula is C19H22FNO2. The maximum absolute atomic E-state index is 13.5. The van der Waals surface area contributed by atoms with Gasteiger partial charge in [0.05, 0.1) is 0 Å². The van der Waals surface area contributed by atoms with E-state index in [1.807, 2.05) is 11.8 Å². The summed E-state index contributed by atoms with van der Waals surface area (Å²) < 4.78 is 19.3. The maximum atomic E-state index is 13.5. The van der Waals surface area contributed by atoms with E-state index < -0.39 is 0 Å². The van der Waals surface area contributed by atoms with Crippen LogP contribution < -0.4 is 0 Å². The fourth-order valence-electron chi connectivity index (χ4n) is 4.40. The van der Waals surface area contributed by atoms with Crippen LogP contribution in [0.5, 0.6) is 0 Å². The number of piperidine rings is 1. The first-order valence-corrected chi connectivity index (χ1v) is 8.65. The molecule has 2 aliphatic rings. The van der Waals surface area contributed by atoms with E-state index in [0.717, 1.165) is 24.9 Å². The Morgan fingerprint density at radius 1 is 1.22 bits per heavy atom. The zero-order valence-corrected chi connectivity index (χ0v) is 13.5. The number of benzene rings is 1. The van der Waals surface area contributed by atoms with Crippen molar-refractivity contribution in [3.8, 4) is 0 Å². The molecule has 2 fully saturated rings. The van der Waals surface area contributed by atoms with E-state index in [2.05, 4.69) is 0 Å². The zero-order chi connectivity index (χ0) is 16.0. The van der Waals surface area contributed by atoms with Crippen molar-refractivity contribution in [3.63, 3.8) is 0 Å². The Morgan fingerprint density at radius 3 is 2.87 bits per heavy atom. The summed E-state index contributed by atoms with van der Waals surface area (Å²) in [5.41, 5.74) is 1.34. The van der Waals surface area contributed by atoms with Crippen LogP contribution in [-0.4, -0.2) is 23.4 Å². The highest BCUT2D eigenvalue weighted by molar-refractivity contribution is 5.99. The molecule has 4 heteroatoms. The third-order valence-corrected chi connectivity index (χ3v) is 5.60. The van der Waals surface area contributed by atoms with Crippen molar-refractivity contribution in [1.82, 2.24) is 4.90 Å². The summed E-state index contributed by atoms with van der Waals surface area (Å²) >= 11 is 0. The lowest BCUT2D eigenvalue weighted by molar-refractivity contribution is 0.0363. The predicted molar refractivity (Wildman–Crippen MR) is 86.9 cm³/mol. The number of fused-ring (bicyclic) bond motifs is 2. The van der Waals surface area contributed by atoms with E-state index in [4.69, 9.17) is 4.42 Å². The van der Waals surface area contributed by atoms with Crippen LogP contribution in [0.1, 0.15) is 54.6 Å². The molecule has 0 spiro atoms. The van der Waals surface area contributed by atoms with Crippen LogP contribution in [0.25, 0.3) is 11.0 Å². The van der Waals surface area contributed by atoms with E-state index in [1.165, 1.54) is 37.8 Å². The minimum Gasteiger partial charge on any atom is -0.451 e. The Labute approximate surface area is 135 Å². The fraction of sp³-hybridized carbons (Fsp3) is 0.526. The minimum atomic E-state index is -0.300. The lowest BCUT2D eigenvalue weighted by Crippen LogP contribution is -2.49. The highest BCUT2D eigenvalue weighted by Crippen LogP contribution is 2.37. The maximum Gasteiger partial charge on any atom is 0.290 e. The van der Waals surface area contributed by atoms with Crippen LogP contribution in [0, 0.1) is 18.7 Å². The van der Waals surface area contributed by atoms with Gasteiger partial charge in [0.15, 0.2) is 5.76 Å². The first-order valence-electron chi connectivity index (χ1n) is 8.65. The summed E-state index contributed by atoms with van der Waals surface area (Å²) in [5, 5.41) is 0.700. The number of rotatable bonds is 1. The highest BCUT2D eigenvalue weighted by atomic mass is 19.1. The van der Waals surface area contributed by atoms with E-state index in [9.17, 15) is 9.18 Å². The first-order chi connectivity index (χ1) is 11.1. The van der Waals surface area contributed by atoms with Crippen molar-refractivity contribution >= 4 is 16.9 Å². The molecule has 1 aromatic heterocycles. The van der Waals surface area contributed by atoms with Crippen molar-refractivity contribution in [2.45, 2.75) is 51.5 Å². The Morgan fingerprint density at radius 2 is 2.00 bits per heavy atom. The molecule has 2 atom stereocenters. The number of likely N-dealkylation sites (tertiary alicyclic amines) is 1. The van der Waals surface area contributed by atoms with Crippen LogP contribution in [0.3, 0.4) is 0 Å². The summed E-state index contributed by atoms with van der Waals surface area (Å²) in [7, 11) is 0. The SMILES string of the molecule is Cc1c(C(=O)N2CCC[C@H]3CCCC[C@H]32)oc2ccc(F)cc12. The molecule has 2 aromatic rings. The average Bonchev–Trinajstić information content (AvgIpc) is 2.90. The largest absolute Gasteiger partial charge is 0.451 e. The van der Waals surface area contributed by atoms with Crippen LogP contribution >= 0.6 is 0 Å². The summed E-state index contributed by atoms with van der Waals surface area (Å²) in [6.45, 7) is 2.66. The Bertz CT molecular complexity index is 749. The average molecular weight is 315 g/mol. The molecule has 2 heterocycles. The van der Waals surface area contributed by atoms with E-state index in [-0.39, 0.29) is 11.7 Å². The smallest absolute Gasteiger partial charge is 0.290 e. The molecule has 0 unspecified atom stereocenters. The second-order valence-electron chi connectivity index (χ2n) is 6.95. The molecule has 1 amide bonds. The number of halogens is 1. The lowest BCUT2D eigenvalue weighted by Gasteiger charge is -2.43. The molecule has 1 saturated carbocycles. The molecule has 1 aliphatic heterocycles. The summed E-state index contributed by atoms with van der Waals surface area (Å²) in [4.78, 5) is 15.1. The van der Waals surface area contributed by atoms with Crippen molar-refractivity contribution < 1.29 is 13.6 Å². The van der Waals surface area contributed by atoms with Gasteiger partial charge in [0.1, 0.15) is 11.4 Å². The molecule has 0 bridgehead atoms. The van der Waals surface area contributed by atoms with Crippen LogP contribution in [-0.2, 0) is 0 Å². The standard InChI is InChI=1S/C19H22FNO2/c1-12-15-11-14(20)8-9-17(15)23-18(12)19(22)21-10-4-6-13-5-2-3-7-16(13)21/h8-9,11,13,16H,2-7,10H2,1H3/t13-,16-/m1/s1. The molecule has 3 nitrogen and oxygen atoms in total. The van der Waals surface area contributed by atoms with Gasteiger partial charge in [-0.05, 0) is 56.7 Å². The van der Waals surface area contributed by atoms with E-state index in [1.54, 1.807) is 6.07 Å². The van der Waals surface area contributed by atoms with Gasteiger partial charge in [-0.25, -0.2) is 4.39 Å². The van der Waals surface area contributed by atoms with Gasteiger partial charge in [-0.2, -0.15) is 0 Å². The van der Waals surface area contributed by atoms with E-state index in [0.29, 0.717) is 28.7 Å². The minimum absolute atomic E-state index is 0.0179. The number of amides is 1. The van der Waals surface area contributed by atoms with Gasteiger partial charge >= 0.3 is 0 Å². The van der Waals surface area contributed by atoms with Crippen molar-refractivity contribution in [1.29, 1.82) is 0 Å². The van der Waals surface area contributed by atoms with Crippen molar-refractivity contribution in [2.24, 2.45) is 5.92 Å². The van der Waals surface area contributed by atoms with Crippen molar-refractivity contribution in [2.75, 3.05) is 6.54 Å². The predicted octanol–water partition coefficient (Wildman–Crippen LogP) is 4.68. The molecule has 0 radical (unpaired) electrons. The number of carbonyl (C=O) groups is 1. The Hall–Kier alpha value is -1.84. The molecule has 4 rings (SSSR count). The van der Waals surface area contributed by atoms with Crippen LogP contribution in [0.2, 0.25) is 0 Å². The Kier molecular flexibility index (Phi) is 3.63. The number of aryl methyl sites for hydroxylation is 1. The fourth-order valence-corrected chi connectivity index (χ4v) is 4.40. The molecule has 122 valence electrons. The molecule has 1 aromatic carbocycles. The summed E-state index contributed by atoms with van der Waals surface area (Å²) in [5.74, 6) is 0.710. The summed E-state index contributed by atoms with van der Waals surface area (Å²) in [6.07, 6.45) is 7.13. The van der Waals surface area contributed by atoms with Crippen molar-refractivity contribution in [3.05, 3.63) is 35.3 Å². The van der Waals surface area contributed by atoms with E-state index >= 15 is 0 Å². The topological polar surface area (TPSA) is 33.5 Å². The van der Waals surface area contributed by atoms with Crippen LogP contribution in [0.15, 0.2) is 22.6 Å². The number of hydrogen-bond donors (Lipinski definition) is 0. The third kappa shape index (κ3) is 2.44. The first kappa shape index (κ1) is 14.7. The second kappa shape index (κ2) is 5.66. The lowest BCUT2D eigenvalue weighted by atomic mass is 9.78. The number of nitrogens with zero attached hydrogens (tertiary/aromatic N) is 1. The van der Waals surface area contributed by atoms with Gasteiger partial charge in [-0.3, -0.25) is 4.79 Å². The van der Waals surface area contributed by atoms with Gasteiger partial charge in [-0.15, -0.1) is 0 Å². The second-order valence-corrected chi connectivity index (χ2v) is 6.95. The molecule has 23 heavy (non-hydrogen) atoms. The van der Waals surface area contributed by atoms with Gasteiger partial charge in [0, 0.05) is 23.5 Å². The molecular weight excluding hydrogens is 293 g/mol. The van der Waals surface area contributed by atoms with Crippen LogP contribution in [0.4, 0.5) is 4.39 Å². The number of hydrogen-bond acceptors (Lipinski definition) is 2. The van der Waals surface area contributed by atoms with Gasteiger partial charge in [0.2, 0.25) is 0 Å². The zero-order valence-electron chi connectivity index (χ0n) is 13.5. The molecule has 1 saturated heterocycles. The third-order valence-electron chi connectivity index (χ3n) is 5.60. The molecule has 1 aliphatic carbocycles.